The Morgan fingerprint density at radius 2 is 0.468 bits per heavy atom. The van der Waals surface area contributed by atoms with Gasteiger partial charge in [0.2, 0.25) is 0 Å². The molecule has 284 valence electrons. The normalized spacial score (nSPS) is 16.6. The maximum Gasteiger partial charge on any atom is 0.460 e. The molecule has 0 saturated carbocycles. The van der Waals surface area contributed by atoms with Gasteiger partial charge in [-0.2, -0.15) is 114 Å². The van der Waals surface area contributed by atoms with Crippen molar-refractivity contribution in [2.75, 3.05) is 14.2 Å². The first kappa shape index (κ1) is 45.1. The number of hydrogen-bond acceptors (Lipinski definition) is 2. The molecule has 0 saturated heterocycles. The molecular weight excluding hydrogens is 754 g/mol. The highest BCUT2D eigenvalue weighted by molar-refractivity contribution is 5.12. The van der Waals surface area contributed by atoms with E-state index in [2.05, 4.69) is 9.47 Å². The van der Waals surface area contributed by atoms with Crippen molar-refractivity contribution in [3.05, 3.63) is 0 Å². The zero-order valence-electron chi connectivity index (χ0n) is 22.0. The Morgan fingerprint density at radius 1 is 0.277 bits per heavy atom. The quantitative estimate of drug-likeness (QED) is 0.115. The third-order valence-corrected chi connectivity index (χ3v) is 6.38. The van der Waals surface area contributed by atoms with Gasteiger partial charge < -0.3 is 9.47 Å². The van der Waals surface area contributed by atoms with Gasteiger partial charge in [0.1, 0.15) is 0 Å². The topological polar surface area (TPSA) is 18.5 Å². The standard InChI is InChI=1S/C19H14F26O2/c1-46-7(47-2,3-5-8(20,21)10(24,25)12(28,29)14(32,33)16(36,37)18(40,41)42)4-6-9(22,23)11(26,27)13(30,31)15(34,35)17(38,39)19(43,44)45/h3-6H2,1-2H3. The van der Waals surface area contributed by atoms with Gasteiger partial charge in [-0.1, -0.05) is 0 Å². The summed E-state index contributed by atoms with van der Waals surface area (Å²) < 4.78 is 352. The molecule has 28 heteroatoms. The molecule has 0 amide bonds. The molecule has 2 nitrogen and oxygen atoms in total. The molecule has 0 aliphatic carbocycles. The van der Waals surface area contributed by atoms with E-state index >= 15 is 0 Å². The fraction of sp³-hybridized carbons (Fsp3) is 1.00. The minimum atomic E-state index is -8.38. The molecule has 0 aromatic heterocycles. The maximum absolute atomic E-state index is 14.1. The Kier molecular flexibility index (Phi) is 11.7. The van der Waals surface area contributed by atoms with Crippen LogP contribution in [0, 0.1) is 0 Å². The lowest BCUT2D eigenvalue weighted by Crippen LogP contribution is -2.70. The molecule has 0 aliphatic heterocycles. The third kappa shape index (κ3) is 6.69. The van der Waals surface area contributed by atoms with Crippen LogP contribution in [0.2, 0.25) is 0 Å². The van der Waals surface area contributed by atoms with Gasteiger partial charge in [0.05, 0.1) is 0 Å². The molecule has 0 N–H and O–H groups in total. The lowest BCUT2D eigenvalue weighted by Gasteiger charge is -2.41. The van der Waals surface area contributed by atoms with Gasteiger partial charge in [-0.15, -0.1) is 0 Å². The summed E-state index contributed by atoms with van der Waals surface area (Å²) in [6.45, 7) is 0. The summed E-state index contributed by atoms with van der Waals surface area (Å²) in [7, 11) is 0.0186. The van der Waals surface area contributed by atoms with E-state index < -0.39 is 103 Å². The van der Waals surface area contributed by atoms with Crippen LogP contribution >= 0.6 is 0 Å². The van der Waals surface area contributed by atoms with Crippen LogP contribution in [0.15, 0.2) is 0 Å². The first-order chi connectivity index (χ1) is 20.0. The first-order valence-corrected chi connectivity index (χ1v) is 11.1. The van der Waals surface area contributed by atoms with E-state index in [-0.39, 0.29) is 14.2 Å². The highest BCUT2D eigenvalue weighted by atomic mass is 19.4. The summed E-state index contributed by atoms with van der Waals surface area (Å²) in [6.07, 6.45) is -27.3. The predicted molar refractivity (Wildman–Crippen MR) is 96.8 cm³/mol. The second-order valence-electron chi connectivity index (χ2n) is 9.32. The summed E-state index contributed by atoms with van der Waals surface area (Å²) in [6, 6.07) is 0. The van der Waals surface area contributed by atoms with Crippen molar-refractivity contribution in [2.24, 2.45) is 0 Å². The van der Waals surface area contributed by atoms with Crippen molar-refractivity contribution < 1.29 is 124 Å². The van der Waals surface area contributed by atoms with E-state index in [0.29, 0.717) is 0 Å². The van der Waals surface area contributed by atoms with Crippen LogP contribution in [0.5, 0.6) is 0 Å². The van der Waals surface area contributed by atoms with Crippen molar-refractivity contribution in [1.29, 1.82) is 0 Å². The molecule has 0 aromatic rings. The van der Waals surface area contributed by atoms with Crippen molar-refractivity contribution >= 4 is 0 Å². The van der Waals surface area contributed by atoms with Gasteiger partial charge in [-0.3, -0.25) is 0 Å². The van der Waals surface area contributed by atoms with E-state index in [1.165, 1.54) is 0 Å². The number of methoxy groups -OCH3 is 2. The molecular formula is C19H14F26O2. The number of hydrogen-bond donors (Lipinski definition) is 0. The van der Waals surface area contributed by atoms with Gasteiger partial charge in [-0.25, -0.2) is 0 Å². The SMILES string of the molecule is COC(CCC(F)(F)C(F)(F)C(F)(F)C(F)(F)C(F)(F)C(F)(F)F)(CCC(F)(F)C(F)(F)C(F)(F)C(F)(F)C(F)(F)C(F)(F)F)OC. The van der Waals surface area contributed by atoms with Gasteiger partial charge in [0.25, 0.3) is 0 Å². The summed E-state index contributed by atoms with van der Waals surface area (Å²) in [5.74, 6) is -83.4. The molecule has 0 aliphatic rings. The first-order valence-electron chi connectivity index (χ1n) is 11.1. The monoisotopic (exact) mass is 768 g/mol. The molecule has 0 rings (SSSR count). The summed E-state index contributed by atoms with van der Waals surface area (Å²) >= 11 is 0. The van der Waals surface area contributed by atoms with Gasteiger partial charge in [-0.05, 0) is 0 Å². The van der Waals surface area contributed by atoms with E-state index in [9.17, 15) is 114 Å². The Morgan fingerprint density at radius 3 is 0.638 bits per heavy atom. The van der Waals surface area contributed by atoms with Gasteiger partial charge >= 0.3 is 71.6 Å². The Labute approximate surface area is 242 Å². The van der Waals surface area contributed by atoms with E-state index in [1.54, 1.807) is 0 Å². The smallest absolute Gasteiger partial charge is 0.353 e. The minimum Gasteiger partial charge on any atom is -0.353 e. The predicted octanol–water partition coefficient (Wildman–Crippen LogP) is 10.0. The van der Waals surface area contributed by atoms with Gasteiger partial charge in [0.15, 0.2) is 5.79 Å². The Hall–Kier alpha value is -1.90. The number of rotatable bonds is 16. The second-order valence-corrected chi connectivity index (χ2v) is 9.32. The van der Waals surface area contributed by atoms with Crippen LogP contribution in [-0.4, -0.2) is 91.6 Å². The zero-order chi connectivity index (χ0) is 38.7. The average molecular weight is 768 g/mol. The number of halogens is 26. The number of ether oxygens (including phenoxy) is 2. The molecule has 0 heterocycles. The van der Waals surface area contributed by atoms with E-state index in [0.717, 1.165) is 0 Å². The van der Waals surface area contributed by atoms with E-state index in [1.807, 2.05) is 0 Å². The lowest BCUT2D eigenvalue weighted by atomic mass is 9.88. The van der Waals surface area contributed by atoms with Crippen LogP contribution in [0.1, 0.15) is 25.7 Å². The minimum absolute atomic E-state index is 0.00928. The maximum atomic E-state index is 14.1. The van der Waals surface area contributed by atoms with Crippen LogP contribution in [0.4, 0.5) is 114 Å². The zero-order valence-corrected chi connectivity index (χ0v) is 22.0. The van der Waals surface area contributed by atoms with Crippen LogP contribution in [0.3, 0.4) is 0 Å². The lowest BCUT2D eigenvalue weighted by molar-refractivity contribution is -0.441. The number of alkyl halides is 26. The van der Waals surface area contributed by atoms with Crippen LogP contribution in [-0.2, 0) is 9.47 Å². The van der Waals surface area contributed by atoms with Crippen molar-refractivity contribution in [3.8, 4) is 0 Å². The van der Waals surface area contributed by atoms with Crippen LogP contribution in [0.25, 0.3) is 0 Å². The fourth-order valence-corrected chi connectivity index (χ4v) is 3.23. The average Bonchev–Trinajstić information content (AvgIpc) is 2.86. The summed E-state index contributed by atoms with van der Waals surface area (Å²) in [4.78, 5) is 0. The molecule has 0 aromatic carbocycles. The second kappa shape index (κ2) is 12.2. The van der Waals surface area contributed by atoms with Gasteiger partial charge in [0, 0.05) is 39.9 Å². The fourth-order valence-electron chi connectivity index (χ4n) is 3.23. The largest absolute Gasteiger partial charge is 0.460 e. The van der Waals surface area contributed by atoms with Crippen molar-refractivity contribution in [2.45, 2.75) is 103 Å². The Bertz CT molecular complexity index is 985. The summed E-state index contributed by atoms with van der Waals surface area (Å²) in [5.41, 5.74) is 0. The molecule has 0 spiro atoms. The Balaban J connectivity index is 6.51. The highest BCUT2D eigenvalue weighted by Crippen LogP contribution is 2.63. The molecule has 0 fully saturated rings. The van der Waals surface area contributed by atoms with Crippen molar-refractivity contribution in [3.63, 3.8) is 0 Å². The molecule has 0 radical (unpaired) electrons. The van der Waals surface area contributed by atoms with Crippen LogP contribution < -0.4 is 0 Å². The van der Waals surface area contributed by atoms with Crippen molar-refractivity contribution in [1.82, 2.24) is 0 Å². The molecule has 0 bridgehead atoms. The summed E-state index contributed by atoms with van der Waals surface area (Å²) in [5, 5.41) is 0. The van der Waals surface area contributed by atoms with E-state index in [4.69, 9.17) is 0 Å². The molecule has 0 atom stereocenters. The molecule has 0 unspecified atom stereocenters. The third-order valence-electron chi connectivity index (χ3n) is 6.38. The molecule has 47 heavy (non-hydrogen) atoms. The highest BCUT2D eigenvalue weighted by Gasteiger charge is 2.92.